The van der Waals surface area contributed by atoms with Crippen molar-refractivity contribution in [2.45, 2.75) is 42.9 Å². The molecule has 2 aromatic rings. The second-order valence-electron chi connectivity index (χ2n) is 5.90. The van der Waals surface area contributed by atoms with Crippen LogP contribution in [-0.2, 0) is 4.74 Å². The van der Waals surface area contributed by atoms with Crippen molar-refractivity contribution in [3.8, 4) is 0 Å². The van der Waals surface area contributed by atoms with Crippen molar-refractivity contribution >= 4 is 16.9 Å². The molecule has 1 aliphatic carbocycles. The minimum absolute atomic E-state index is 0.00461. The van der Waals surface area contributed by atoms with Crippen molar-refractivity contribution in [1.82, 2.24) is 14.5 Å². The van der Waals surface area contributed by atoms with Gasteiger partial charge in [0.15, 0.2) is 6.23 Å². The van der Waals surface area contributed by atoms with E-state index in [1.807, 2.05) is 0 Å². The van der Waals surface area contributed by atoms with Gasteiger partial charge in [0.05, 0.1) is 5.39 Å². The zero-order chi connectivity index (χ0) is 14.8. The molecule has 2 aliphatic rings. The van der Waals surface area contributed by atoms with E-state index in [9.17, 15) is 10.2 Å². The highest BCUT2D eigenvalue weighted by Crippen LogP contribution is 2.49. The summed E-state index contributed by atoms with van der Waals surface area (Å²) in [6.45, 7) is 0. The first-order chi connectivity index (χ1) is 10.0. The third kappa shape index (κ3) is 1.64. The summed E-state index contributed by atoms with van der Waals surface area (Å²) in [5.74, 6) is 0.368. The summed E-state index contributed by atoms with van der Waals surface area (Å²) >= 11 is 0. The predicted molar refractivity (Wildman–Crippen MR) is 74.0 cm³/mol. The monoisotopic (exact) mass is 291 g/mol. The average Bonchev–Trinajstić information content (AvgIpc) is 2.95. The molecule has 1 spiro atoms. The third-order valence-electron chi connectivity index (χ3n) is 4.54. The smallest absolute Gasteiger partial charge is 0.164 e. The summed E-state index contributed by atoms with van der Waals surface area (Å²) < 4.78 is 7.63. The topological polar surface area (TPSA) is 132 Å². The van der Waals surface area contributed by atoms with Gasteiger partial charge in [-0.05, 0) is 18.9 Å². The second-order valence-corrected chi connectivity index (χ2v) is 5.90. The lowest BCUT2D eigenvalue weighted by Gasteiger charge is -2.44. The van der Waals surface area contributed by atoms with E-state index in [4.69, 9.17) is 16.2 Å². The van der Waals surface area contributed by atoms with Crippen LogP contribution in [0.4, 0.5) is 5.82 Å². The summed E-state index contributed by atoms with van der Waals surface area (Å²) in [4.78, 5) is 8.12. The number of ether oxygens (including phenoxy) is 1. The molecule has 4 rings (SSSR count). The van der Waals surface area contributed by atoms with Crippen molar-refractivity contribution in [3.05, 3.63) is 18.6 Å². The Morgan fingerprint density at radius 2 is 2.10 bits per heavy atom. The number of aromatic nitrogens is 3. The molecule has 21 heavy (non-hydrogen) atoms. The van der Waals surface area contributed by atoms with Crippen LogP contribution in [0, 0.1) is 0 Å². The number of fused-ring (bicyclic) bond motifs is 1. The summed E-state index contributed by atoms with van der Waals surface area (Å²) in [6.07, 6.45) is 1.47. The molecule has 2 fully saturated rings. The van der Waals surface area contributed by atoms with Crippen molar-refractivity contribution in [2.75, 3.05) is 5.73 Å². The van der Waals surface area contributed by atoms with E-state index >= 15 is 0 Å². The SMILES string of the molecule is Nc1ncnc2c1ccn2[C@@H]1O[C@]2(C[C@@H](N)C2)[C@@H](O)[C@H]1O. The maximum Gasteiger partial charge on any atom is 0.164 e. The van der Waals surface area contributed by atoms with Gasteiger partial charge >= 0.3 is 0 Å². The van der Waals surface area contributed by atoms with Gasteiger partial charge < -0.3 is 31.0 Å². The van der Waals surface area contributed by atoms with Gasteiger partial charge in [-0.3, -0.25) is 0 Å². The molecule has 3 heterocycles. The molecule has 1 aliphatic heterocycles. The Balaban J connectivity index is 1.74. The van der Waals surface area contributed by atoms with Gasteiger partial charge in [-0.1, -0.05) is 0 Å². The van der Waals surface area contributed by atoms with Crippen molar-refractivity contribution < 1.29 is 14.9 Å². The first-order valence-corrected chi connectivity index (χ1v) is 6.88. The lowest BCUT2D eigenvalue weighted by molar-refractivity contribution is -0.153. The zero-order valence-corrected chi connectivity index (χ0v) is 11.3. The van der Waals surface area contributed by atoms with Gasteiger partial charge in [-0.25, -0.2) is 9.97 Å². The normalized spacial score (nSPS) is 39.0. The number of nitrogen functional groups attached to an aromatic ring is 1. The van der Waals surface area contributed by atoms with Crippen LogP contribution in [0.15, 0.2) is 18.6 Å². The van der Waals surface area contributed by atoms with Gasteiger partial charge in [0.25, 0.3) is 0 Å². The largest absolute Gasteiger partial charge is 0.387 e. The van der Waals surface area contributed by atoms with Crippen LogP contribution in [-0.4, -0.2) is 48.6 Å². The molecule has 0 amide bonds. The number of hydrogen-bond acceptors (Lipinski definition) is 7. The van der Waals surface area contributed by atoms with E-state index in [-0.39, 0.29) is 6.04 Å². The van der Waals surface area contributed by atoms with Gasteiger partial charge in [0.1, 0.15) is 35.6 Å². The minimum atomic E-state index is -1.04. The average molecular weight is 291 g/mol. The van der Waals surface area contributed by atoms with E-state index in [0.29, 0.717) is 29.7 Å². The molecular formula is C13H17N5O3. The van der Waals surface area contributed by atoms with Crippen LogP contribution >= 0.6 is 0 Å². The Kier molecular flexibility index (Phi) is 2.55. The quantitative estimate of drug-likeness (QED) is 0.536. The van der Waals surface area contributed by atoms with Crippen LogP contribution in [0.5, 0.6) is 0 Å². The standard InChI is InChI=1S/C13H17N5O3/c14-6-3-13(4-6)9(20)8(19)12(21-13)18-2-1-7-10(15)16-5-17-11(7)18/h1-2,5-6,8-9,12,19-20H,3-4,14H2,(H2,15,16,17)/t6-,8-,9+,12-,13+/m1/s1. The number of hydrogen-bond donors (Lipinski definition) is 4. The van der Waals surface area contributed by atoms with Gasteiger partial charge in [-0.2, -0.15) is 0 Å². The molecule has 112 valence electrons. The highest BCUT2D eigenvalue weighted by molar-refractivity contribution is 5.86. The summed E-state index contributed by atoms with van der Waals surface area (Å²) in [6, 6.07) is 1.77. The Labute approximate surface area is 120 Å². The molecular weight excluding hydrogens is 274 g/mol. The van der Waals surface area contributed by atoms with E-state index in [2.05, 4.69) is 9.97 Å². The van der Waals surface area contributed by atoms with Crippen LogP contribution in [0.2, 0.25) is 0 Å². The number of anilines is 1. The molecule has 0 unspecified atom stereocenters. The van der Waals surface area contributed by atoms with Crippen molar-refractivity contribution in [3.63, 3.8) is 0 Å². The number of aliphatic hydroxyl groups excluding tert-OH is 2. The predicted octanol–water partition coefficient (Wildman–Crippen LogP) is -0.876. The van der Waals surface area contributed by atoms with Crippen molar-refractivity contribution in [2.24, 2.45) is 5.73 Å². The first-order valence-electron chi connectivity index (χ1n) is 6.88. The maximum atomic E-state index is 10.3. The van der Waals surface area contributed by atoms with Gasteiger partial charge in [0, 0.05) is 12.2 Å². The molecule has 8 nitrogen and oxygen atoms in total. The highest BCUT2D eigenvalue weighted by Gasteiger charge is 2.60. The second kappa shape index (κ2) is 4.14. The fraction of sp³-hybridized carbons (Fsp3) is 0.538. The fourth-order valence-electron chi connectivity index (χ4n) is 3.43. The van der Waals surface area contributed by atoms with Crippen molar-refractivity contribution in [1.29, 1.82) is 0 Å². The number of rotatable bonds is 1. The third-order valence-corrected chi connectivity index (χ3v) is 4.54. The lowest BCUT2D eigenvalue weighted by Crippen LogP contribution is -2.58. The van der Waals surface area contributed by atoms with E-state index in [1.165, 1.54) is 6.33 Å². The van der Waals surface area contributed by atoms with Crippen LogP contribution in [0.25, 0.3) is 11.0 Å². The van der Waals surface area contributed by atoms with Gasteiger partial charge in [-0.15, -0.1) is 0 Å². The zero-order valence-electron chi connectivity index (χ0n) is 11.3. The molecule has 0 bridgehead atoms. The minimum Gasteiger partial charge on any atom is -0.387 e. The van der Waals surface area contributed by atoms with Crippen LogP contribution in [0.1, 0.15) is 19.1 Å². The maximum absolute atomic E-state index is 10.3. The fourth-order valence-corrected chi connectivity index (χ4v) is 3.43. The molecule has 1 saturated heterocycles. The number of aliphatic hydroxyl groups is 2. The highest BCUT2D eigenvalue weighted by atomic mass is 16.6. The van der Waals surface area contributed by atoms with E-state index in [0.717, 1.165) is 0 Å². The lowest BCUT2D eigenvalue weighted by atomic mass is 9.72. The van der Waals surface area contributed by atoms with Gasteiger partial charge in [0.2, 0.25) is 0 Å². The molecule has 0 radical (unpaired) electrons. The molecule has 1 saturated carbocycles. The van der Waals surface area contributed by atoms with Crippen LogP contribution in [0.3, 0.4) is 0 Å². The Bertz CT molecular complexity index is 696. The van der Waals surface area contributed by atoms with E-state index in [1.54, 1.807) is 16.8 Å². The Morgan fingerprint density at radius 3 is 2.81 bits per heavy atom. The summed E-state index contributed by atoms with van der Waals surface area (Å²) in [5, 5.41) is 21.3. The Hall–Kier alpha value is -1.74. The molecule has 3 atom stereocenters. The molecule has 8 heteroatoms. The first kappa shape index (κ1) is 13.0. The molecule has 6 N–H and O–H groups in total. The number of nitrogens with two attached hydrogens (primary N) is 2. The van der Waals surface area contributed by atoms with Crippen LogP contribution < -0.4 is 11.5 Å². The summed E-state index contributed by atoms with van der Waals surface area (Å²) in [5.41, 5.74) is 11.4. The Morgan fingerprint density at radius 1 is 1.33 bits per heavy atom. The summed E-state index contributed by atoms with van der Waals surface area (Å²) in [7, 11) is 0. The number of nitrogens with zero attached hydrogens (tertiary/aromatic N) is 3. The van der Waals surface area contributed by atoms with E-state index < -0.39 is 24.0 Å². The molecule has 2 aromatic heterocycles. The molecule has 0 aromatic carbocycles.